The molecule has 110 valence electrons. The predicted molar refractivity (Wildman–Crippen MR) is 80.2 cm³/mol. The summed E-state index contributed by atoms with van der Waals surface area (Å²) >= 11 is 0. The Bertz CT molecular complexity index is 652. The van der Waals surface area contributed by atoms with Gasteiger partial charge in [0, 0.05) is 17.6 Å². The zero-order valence-electron chi connectivity index (χ0n) is 11.7. The number of amides is 2. The molecule has 0 aliphatic rings. The number of carbonyl (C=O) groups is 2. The molecule has 6 nitrogen and oxygen atoms in total. The number of nitrogens with zero attached hydrogens (tertiary/aromatic N) is 1. The topological polar surface area (TPSA) is 91.3 Å². The van der Waals surface area contributed by atoms with Gasteiger partial charge in [0.15, 0.2) is 0 Å². The van der Waals surface area contributed by atoms with E-state index in [-0.39, 0.29) is 6.42 Å². The molecule has 0 aliphatic heterocycles. The van der Waals surface area contributed by atoms with Crippen molar-refractivity contribution < 1.29 is 14.7 Å². The van der Waals surface area contributed by atoms with E-state index in [4.69, 9.17) is 5.11 Å². The Balaban J connectivity index is 2.09. The van der Waals surface area contributed by atoms with Crippen molar-refractivity contribution in [3.05, 3.63) is 36.5 Å². The summed E-state index contributed by atoms with van der Waals surface area (Å²) in [5.74, 6) is -0.936. The minimum absolute atomic E-state index is 0.0995. The third-order valence-electron chi connectivity index (χ3n) is 3.13. The van der Waals surface area contributed by atoms with Crippen LogP contribution in [0.4, 0.5) is 10.5 Å². The molecule has 0 saturated heterocycles. The fraction of sp³-hybridized carbons (Fsp3) is 0.267. The highest BCUT2D eigenvalue weighted by Gasteiger charge is 2.14. The largest absolute Gasteiger partial charge is 0.481 e. The number of carboxylic acids is 1. The first kappa shape index (κ1) is 14.8. The van der Waals surface area contributed by atoms with Crippen molar-refractivity contribution in [2.45, 2.75) is 25.8 Å². The van der Waals surface area contributed by atoms with E-state index in [0.29, 0.717) is 17.6 Å². The lowest BCUT2D eigenvalue weighted by Crippen LogP contribution is -2.38. The van der Waals surface area contributed by atoms with E-state index in [0.717, 1.165) is 5.39 Å². The summed E-state index contributed by atoms with van der Waals surface area (Å²) in [7, 11) is 0. The standard InChI is InChI=1S/C15H17N3O3/c1-2-11(9-13(19)20)17-15(21)18-12-7-3-5-10-6-4-8-16-14(10)12/h3-8,11H,2,9H2,1H3,(H,19,20)(H2,17,18,21). The first-order valence-electron chi connectivity index (χ1n) is 6.73. The molecule has 1 heterocycles. The minimum atomic E-state index is -0.936. The van der Waals surface area contributed by atoms with Crippen LogP contribution in [0.1, 0.15) is 19.8 Å². The number of nitrogens with one attached hydrogen (secondary N) is 2. The summed E-state index contributed by atoms with van der Waals surface area (Å²) in [6.45, 7) is 1.83. The van der Waals surface area contributed by atoms with E-state index in [1.54, 1.807) is 12.3 Å². The Labute approximate surface area is 122 Å². The number of fused-ring (bicyclic) bond motifs is 1. The molecule has 3 N–H and O–H groups in total. The molecule has 2 amide bonds. The van der Waals surface area contributed by atoms with E-state index in [2.05, 4.69) is 15.6 Å². The maximum absolute atomic E-state index is 12.0. The summed E-state index contributed by atoms with van der Waals surface area (Å²) < 4.78 is 0. The quantitative estimate of drug-likeness (QED) is 0.788. The van der Waals surface area contributed by atoms with Gasteiger partial charge in [0.1, 0.15) is 0 Å². The lowest BCUT2D eigenvalue weighted by atomic mass is 10.1. The van der Waals surface area contributed by atoms with Crippen molar-refractivity contribution in [1.82, 2.24) is 10.3 Å². The Kier molecular flexibility index (Phi) is 4.71. The summed E-state index contributed by atoms with van der Waals surface area (Å²) in [4.78, 5) is 26.9. The average Bonchev–Trinajstić information content (AvgIpc) is 2.46. The Morgan fingerprint density at radius 2 is 2.05 bits per heavy atom. The van der Waals surface area contributed by atoms with Gasteiger partial charge in [-0.05, 0) is 18.6 Å². The van der Waals surface area contributed by atoms with Crippen LogP contribution in [0.15, 0.2) is 36.5 Å². The number of rotatable bonds is 5. The van der Waals surface area contributed by atoms with Gasteiger partial charge in [-0.2, -0.15) is 0 Å². The first-order chi connectivity index (χ1) is 10.1. The Morgan fingerprint density at radius 3 is 2.76 bits per heavy atom. The molecular formula is C15H17N3O3. The minimum Gasteiger partial charge on any atom is -0.481 e. The highest BCUT2D eigenvalue weighted by Crippen LogP contribution is 2.20. The fourth-order valence-electron chi connectivity index (χ4n) is 2.06. The van der Waals surface area contributed by atoms with Gasteiger partial charge in [-0.15, -0.1) is 0 Å². The lowest BCUT2D eigenvalue weighted by molar-refractivity contribution is -0.137. The van der Waals surface area contributed by atoms with Gasteiger partial charge in [0.2, 0.25) is 0 Å². The summed E-state index contributed by atoms with van der Waals surface area (Å²) in [6, 6.07) is 8.40. The van der Waals surface area contributed by atoms with Crippen molar-refractivity contribution in [2.75, 3.05) is 5.32 Å². The number of urea groups is 1. The molecule has 0 fully saturated rings. The zero-order valence-corrected chi connectivity index (χ0v) is 11.7. The van der Waals surface area contributed by atoms with E-state index in [1.165, 1.54) is 0 Å². The fourth-order valence-corrected chi connectivity index (χ4v) is 2.06. The number of para-hydroxylation sites is 1. The number of hydrogen-bond donors (Lipinski definition) is 3. The summed E-state index contributed by atoms with van der Waals surface area (Å²) in [6.07, 6.45) is 2.11. The summed E-state index contributed by atoms with van der Waals surface area (Å²) in [5, 5.41) is 15.1. The van der Waals surface area contributed by atoms with Crippen molar-refractivity contribution in [1.29, 1.82) is 0 Å². The van der Waals surface area contributed by atoms with Gasteiger partial charge in [0.25, 0.3) is 0 Å². The maximum Gasteiger partial charge on any atom is 0.319 e. The maximum atomic E-state index is 12.0. The number of aromatic nitrogens is 1. The van der Waals surface area contributed by atoms with Gasteiger partial charge in [-0.1, -0.05) is 25.1 Å². The third kappa shape index (κ3) is 3.92. The Morgan fingerprint density at radius 1 is 1.29 bits per heavy atom. The van der Waals surface area contributed by atoms with Gasteiger partial charge in [-0.3, -0.25) is 9.78 Å². The molecule has 0 saturated carbocycles. The summed E-state index contributed by atoms with van der Waals surface area (Å²) in [5.41, 5.74) is 1.29. The van der Waals surface area contributed by atoms with Gasteiger partial charge in [0.05, 0.1) is 17.6 Å². The molecule has 1 unspecified atom stereocenters. The van der Waals surface area contributed by atoms with Crippen LogP contribution in [0.3, 0.4) is 0 Å². The van der Waals surface area contributed by atoms with E-state index < -0.39 is 18.0 Å². The molecule has 0 aliphatic carbocycles. The van der Waals surface area contributed by atoms with E-state index in [9.17, 15) is 9.59 Å². The zero-order chi connectivity index (χ0) is 15.2. The van der Waals surface area contributed by atoms with Gasteiger partial charge < -0.3 is 15.7 Å². The van der Waals surface area contributed by atoms with Crippen molar-refractivity contribution >= 4 is 28.6 Å². The van der Waals surface area contributed by atoms with E-state index >= 15 is 0 Å². The van der Waals surface area contributed by atoms with Crippen LogP contribution in [0.5, 0.6) is 0 Å². The molecule has 0 bridgehead atoms. The molecule has 1 aromatic heterocycles. The smallest absolute Gasteiger partial charge is 0.319 e. The normalized spacial score (nSPS) is 11.9. The number of pyridine rings is 1. The molecular weight excluding hydrogens is 270 g/mol. The second-order valence-corrected chi connectivity index (χ2v) is 4.68. The highest BCUT2D eigenvalue weighted by atomic mass is 16.4. The van der Waals surface area contributed by atoms with Crippen LogP contribution in [-0.4, -0.2) is 28.1 Å². The molecule has 21 heavy (non-hydrogen) atoms. The number of aliphatic carboxylic acids is 1. The molecule has 1 atom stereocenters. The van der Waals surface area contributed by atoms with Crippen molar-refractivity contribution in [2.24, 2.45) is 0 Å². The predicted octanol–water partition coefficient (Wildman–Crippen LogP) is 2.61. The van der Waals surface area contributed by atoms with Crippen molar-refractivity contribution in [3.8, 4) is 0 Å². The van der Waals surface area contributed by atoms with Crippen LogP contribution in [0.2, 0.25) is 0 Å². The number of hydrogen-bond acceptors (Lipinski definition) is 3. The molecule has 0 radical (unpaired) electrons. The molecule has 6 heteroatoms. The third-order valence-corrected chi connectivity index (χ3v) is 3.13. The Hall–Kier alpha value is -2.63. The van der Waals surface area contributed by atoms with Crippen LogP contribution in [0, 0.1) is 0 Å². The van der Waals surface area contributed by atoms with Crippen LogP contribution < -0.4 is 10.6 Å². The first-order valence-corrected chi connectivity index (χ1v) is 6.73. The number of carboxylic acid groups (broad SMARTS) is 1. The average molecular weight is 287 g/mol. The molecule has 1 aromatic carbocycles. The van der Waals surface area contributed by atoms with Crippen LogP contribution in [0.25, 0.3) is 10.9 Å². The number of anilines is 1. The molecule has 2 aromatic rings. The van der Waals surface area contributed by atoms with Crippen LogP contribution >= 0.6 is 0 Å². The second-order valence-electron chi connectivity index (χ2n) is 4.68. The number of benzene rings is 1. The molecule has 2 rings (SSSR count). The lowest BCUT2D eigenvalue weighted by Gasteiger charge is -2.16. The van der Waals surface area contributed by atoms with Crippen molar-refractivity contribution in [3.63, 3.8) is 0 Å². The van der Waals surface area contributed by atoms with Crippen LogP contribution in [-0.2, 0) is 4.79 Å². The monoisotopic (exact) mass is 287 g/mol. The van der Waals surface area contributed by atoms with E-state index in [1.807, 2.05) is 31.2 Å². The SMILES string of the molecule is CCC(CC(=O)O)NC(=O)Nc1cccc2cccnc12. The highest BCUT2D eigenvalue weighted by molar-refractivity contribution is 5.99. The molecule has 0 spiro atoms. The number of carbonyl (C=O) groups excluding carboxylic acids is 1. The van der Waals surface area contributed by atoms with Gasteiger partial charge in [-0.25, -0.2) is 4.79 Å². The van der Waals surface area contributed by atoms with Gasteiger partial charge >= 0.3 is 12.0 Å². The second kappa shape index (κ2) is 6.69.